The maximum atomic E-state index is 12.5. The molecule has 0 spiro atoms. The van der Waals surface area contributed by atoms with Crippen LogP contribution in [0.25, 0.3) is 0 Å². The van der Waals surface area contributed by atoms with E-state index in [-0.39, 0.29) is 5.91 Å². The lowest BCUT2D eigenvalue weighted by molar-refractivity contribution is 0.0671. The molecule has 0 saturated carbocycles. The highest BCUT2D eigenvalue weighted by Gasteiger charge is 2.23. The molecule has 2 nitrogen and oxygen atoms in total. The van der Waals surface area contributed by atoms with Gasteiger partial charge in [0, 0.05) is 23.1 Å². The topological polar surface area (TPSA) is 20.3 Å². The van der Waals surface area contributed by atoms with Crippen LogP contribution in [0.1, 0.15) is 42.1 Å². The first kappa shape index (κ1) is 13.6. The zero-order valence-corrected chi connectivity index (χ0v) is 12.7. The predicted octanol–water partition coefficient (Wildman–Crippen LogP) is 4.02. The number of amides is 1. The highest BCUT2D eigenvalue weighted by molar-refractivity contribution is 9.10. The Morgan fingerprint density at radius 3 is 2.89 bits per heavy atom. The van der Waals surface area contributed by atoms with Crippen LogP contribution in [0.3, 0.4) is 0 Å². The van der Waals surface area contributed by atoms with E-state index in [2.05, 4.69) is 22.9 Å². The van der Waals surface area contributed by atoms with E-state index in [0.29, 0.717) is 5.92 Å². The molecule has 0 radical (unpaired) electrons. The van der Waals surface area contributed by atoms with Crippen LogP contribution in [-0.2, 0) is 0 Å². The van der Waals surface area contributed by atoms with E-state index in [1.54, 1.807) is 0 Å². The van der Waals surface area contributed by atoms with E-state index in [1.165, 1.54) is 12.8 Å². The van der Waals surface area contributed by atoms with Crippen LogP contribution in [0, 0.1) is 12.8 Å². The SMILES string of the molecule is CCC1CCCN(C(=O)c2cc(C)cc(Br)c2)C1. The lowest BCUT2D eigenvalue weighted by Gasteiger charge is -2.32. The molecular formula is C15H20BrNO. The largest absolute Gasteiger partial charge is 0.338 e. The van der Waals surface area contributed by atoms with Crippen molar-refractivity contribution >= 4 is 21.8 Å². The van der Waals surface area contributed by atoms with Crippen molar-refractivity contribution < 1.29 is 4.79 Å². The molecule has 1 unspecified atom stereocenters. The molecule has 1 aliphatic heterocycles. The predicted molar refractivity (Wildman–Crippen MR) is 77.8 cm³/mol. The second-order valence-corrected chi connectivity index (χ2v) is 6.10. The number of halogens is 1. The van der Waals surface area contributed by atoms with Crippen molar-refractivity contribution in [3.63, 3.8) is 0 Å². The summed E-state index contributed by atoms with van der Waals surface area (Å²) in [5, 5.41) is 0. The van der Waals surface area contributed by atoms with E-state index >= 15 is 0 Å². The Balaban J connectivity index is 2.15. The third kappa shape index (κ3) is 3.14. The smallest absolute Gasteiger partial charge is 0.253 e. The van der Waals surface area contributed by atoms with E-state index in [4.69, 9.17) is 0 Å². The Labute approximate surface area is 117 Å². The van der Waals surface area contributed by atoms with Crippen molar-refractivity contribution in [1.82, 2.24) is 4.90 Å². The van der Waals surface area contributed by atoms with Gasteiger partial charge in [-0.15, -0.1) is 0 Å². The van der Waals surface area contributed by atoms with Crippen LogP contribution >= 0.6 is 15.9 Å². The van der Waals surface area contributed by atoms with Gasteiger partial charge >= 0.3 is 0 Å². The minimum atomic E-state index is 0.178. The van der Waals surface area contributed by atoms with Crippen LogP contribution in [0.4, 0.5) is 0 Å². The van der Waals surface area contributed by atoms with E-state index in [0.717, 1.165) is 35.1 Å². The fourth-order valence-corrected chi connectivity index (χ4v) is 3.23. The number of piperidine rings is 1. The number of likely N-dealkylation sites (tertiary alicyclic amines) is 1. The van der Waals surface area contributed by atoms with Gasteiger partial charge in [-0.05, 0) is 49.4 Å². The van der Waals surface area contributed by atoms with Crippen molar-refractivity contribution in [2.75, 3.05) is 13.1 Å². The highest BCUT2D eigenvalue weighted by Crippen LogP contribution is 2.22. The monoisotopic (exact) mass is 309 g/mol. The molecule has 3 heteroatoms. The maximum absolute atomic E-state index is 12.5. The normalized spacial score (nSPS) is 19.9. The van der Waals surface area contributed by atoms with Crippen LogP contribution < -0.4 is 0 Å². The lowest BCUT2D eigenvalue weighted by atomic mass is 9.95. The summed E-state index contributed by atoms with van der Waals surface area (Å²) in [4.78, 5) is 14.5. The number of hydrogen-bond acceptors (Lipinski definition) is 1. The van der Waals surface area contributed by atoms with Crippen LogP contribution in [0.5, 0.6) is 0 Å². The lowest BCUT2D eigenvalue weighted by Crippen LogP contribution is -2.39. The summed E-state index contributed by atoms with van der Waals surface area (Å²) < 4.78 is 0.981. The van der Waals surface area contributed by atoms with Crippen molar-refractivity contribution in [3.8, 4) is 0 Å². The summed E-state index contributed by atoms with van der Waals surface area (Å²) in [7, 11) is 0. The first-order valence-corrected chi connectivity index (χ1v) is 7.46. The Morgan fingerprint density at radius 2 is 2.22 bits per heavy atom. The number of benzene rings is 1. The zero-order valence-electron chi connectivity index (χ0n) is 11.1. The minimum Gasteiger partial charge on any atom is -0.338 e. The molecule has 18 heavy (non-hydrogen) atoms. The Kier molecular flexibility index (Phi) is 4.44. The molecule has 0 N–H and O–H groups in total. The van der Waals surface area contributed by atoms with Crippen LogP contribution in [0.2, 0.25) is 0 Å². The van der Waals surface area contributed by atoms with Crippen molar-refractivity contribution in [2.45, 2.75) is 33.1 Å². The zero-order chi connectivity index (χ0) is 13.1. The fraction of sp³-hybridized carbons (Fsp3) is 0.533. The van der Waals surface area contributed by atoms with Gasteiger partial charge in [0.2, 0.25) is 0 Å². The summed E-state index contributed by atoms with van der Waals surface area (Å²) in [5.74, 6) is 0.855. The third-order valence-corrected chi connectivity index (χ3v) is 4.13. The summed E-state index contributed by atoms with van der Waals surface area (Å²) >= 11 is 3.46. The van der Waals surface area contributed by atoms with E-state index < -0.39 is 0 Å². The van der Waals surface area contributed by atoms with Crippen molar-refractivity contribution in [3.05, 3.63) is 33.8 Å². The van der Waals surface area contributed by atoms with Crippen molar-refractivity contribution in [2.24, 2.45) is 5.92 Å². The molecule has 1 saturated heterocycles. The Morgan fingerprint density at radius 1 is 1.44 bits per heavy atom. The van der Waals surface area contributed by atoms with Gasteiger partial charge in [-0.2, -0.15) is 0 Å². The molecule has 1 heterocycles. The molecule has 1 aliphatic rings. The number of carbonyl (C=O) groups excluding carboxylic acids is 1. The quantitative estimate of drug-likeness (QED) is 0.808. The summed E-state index contributed by atoms with van der Waals surface area (Å²) in [6.45, 7) is 6.05. The summed E-state index contributed by atoms with van der Waals surface area (Å²) in [5.41, 5.74) is 1.93. The fourth-order valence-electron chi connectivity index (χ4n) is 2.63. The van der Waals surface area contributed by atoms with Gasteiger partial charge < -0.3 is 4.90 Å². The van der Waals surface area contributed by atoms with Gasteiger partial charge in [-0.1, -0.05) is 29.3 Å². The second-order valence-electron chi connectivity index (χ2n) is 5.18. The van der Waals surface area contributed by atoms with Gasteiger partial charge in [0.1, 0.15) is 0 Å². The third-order valence-electron chi connectivity index (χ3n) is 3.67. The first-order valence-electron chi connectivity index (χ1n) is 6.66. The van der Waals surface area contributed by atoms with Gasteiger partial charge in [0.25, 0.3) is 5.91 Å². The maximum Gasteiger partial charge on any atom is 0.253 e. The molecule has 2 rings (SSSR count). The molecule has 0 aliphatic carbocycles. The van der Waals surface area contributed by atoms with Crippen LogP contribution in [0.15, 0.2) is 22.7 Å². The Bertz CT molecular complexity index is 424. The molecule has 1 amide bonds. The Hall–Kier alpha value is -0.830. The average molecular weight is 310 g/mol. The van der Waals surface area contributed by atoms with Crippen LogP contribution in [-0.4, -0.2) is 23.9 Å². The number of nitrogens with zero attached hydrogens (tertiary/aromatic N) is 1. The van der Waals surface area contributed by atoms with Crippen molar-refractivity contribution in [1.29, 1.82) is 0 Å². The molecule has 98 valence electrons. The molecule has 1 aromatic carbocycles. The molecule has 0 bridgehead atoms. The van der Waals surface area contributed by atoms with Gasteiger partial charge in [0.15, 0.2) is 0 Å². The molecule has 1 atom stereocenters. The van der Waals surface area contributed by atoms with Gasteiger partial charge in [-0.25, -0.2) is 0 Å². The van der Waals surface area contributed by atoms with E-state index in [1.807, 2.05) is 30.0 Å². The molecular weight excluding hydrogens is 290 g/mol. The number of carbonyl (C=O) groups is 1. The minimum absolute atomic E-state index is 0.178. The molecule has 0 aromatic heterocycles. The average Bonchev–Trinajstić information content (AvgIpc) is 2.37. The first-order chi connectivity index (χ1) is 8.60. The molecule has 1 aromatic rings. The number of aryl methyl sites for hydroxylation is 1. The number of rotatable bonds is 2. The van der Waals surface area contributed by atoms with Gasteiger partial charge in [-0.3, -0.25) is 4.79 Å². The highest BCUT2D eigenvalue weighted by atomic mass is 79.9. The van der Waals surface area contributed by atoms with Gasteiger partial charge in [0.05, 0.1) is 0 Å². The summed E-state index contributed by atoms with van der Waals surface area (Å²) in [6.07, 6.45) is 3.57. The number of hydrogen-bond donors (Lipinski definition) is 0. The summed E-state index contributed by atoms with van der Waals surface area (Å²) in [6, 6.07) is 5.93. The standard InChI is InChI=1S/C15H20BrNO/c1-3-12-5-4-6-17(10-12)15(18)13-7-11(2)8-14(16)9-13/h7-9,12H,3-6,10H2,1-2H3. The molecule has 1 fully saturated rings. The second kappa shape index (κ2) is 5.87. The van der Waals surface area contributed by atoms with E-state index in [9.17, 15) is 4.79 Å².